The van der Waals surface area contributed by atoms with E-state index >= 15 is 0 Å². The van der Waals surface area contributed by atoms with Crippen LogP contribution in [0.2, 0.25) is 10.0 Å². The number of halogens is 2. The molecule has 1 N–H and O–H groups in total. The molecule has 0 spiro atoms. The number of benzene rings is 2. The molecule has 134 valence electrons. The molecule has 0 fully saturated rings. The fourth-order valence-corrected chi connectivity index (χ4v) is 2.96. The zero-order chi connectivity index (χ0) is 19.0. The Balaban J connectivity index is 1.59. The molecule has 7 heteroatoms. The molecule has 2 aromatic carbocycles. The Hall–Kier alpha value is -2.89. The minimum absolute atomic E-state index is 0.268. The number of nitrogens with one attached hydrogen (secondary N) is 1. The third-order valence-corrected chi connectivity index (χ3v) is 4.81. The van der Waals surface area contributed by atoms with Crippen LogP contribution in [0, 0.1) is 6.92 Å². The molecule has 4 aromatic rings. The lowest BCUT2D eigenvalue weighted by atomic mass is 10.1. The second-order valence-electron chi connectivity index (χ2n) is 5.96. The highest BCUT2D eigenvalue weighted by atomic mass is 35.5. The molecule has 5 nitrogen and oxygen atoms in total. The predicted molar refractivity (Wildman–Crippen MR) is 106 cm³/mol. The molecular weight excluding hydrogens is 385 g/mol. The largest absolute Gasteiger partial charge is 0.434 e. The van der Waals surface area contributed by atoms with E-state index in [1.807, 2.05) is 31.2 Å². The van der Waals surface area contributed by atoms with Gasteiger partial charge in [-0.3, -0.25) is 4.79 Å². The normalized spacial score (nSPS) is 10.9. The maximum absolute atomic E-state index is 12.5. The van der Waals surface area contributed by atoms with Crippen molar-refractivity contribution in [3.8, 4) is 11.5 Å². The summed E-state index contributed by atoms with van der Waals surface area (Å²) in [5, 5.41) is 3.61. The highest BCUT2D eigenvalue weighted by Gasteiger charge is 2.13. The first-order valence-electron chi connectivity index (χ1n) is 8.10. The van der Waals surface area contributed by atoms with Crippen LogP contribution in [0.15, 0.2) is 59.1 Å². The van der Waals surface area contributed by atoms with E-state index in [1.165, 1.54) is 6.07 Å². The Morgan fingerprint density at radius 3 is 2.67 bits per heavy atom. The number of amides is 1. The number of aryl methyl sites for hydroxylation is 1. The number of carbonyl (C=O) groups excluding carboxylic acids is 1. The molecule has 0 aliphatic heterocycles. The Bertz CT molecular complexity index is 1140. The van der Waals surface area contributed by atoms with Crippen LogP contribution < -0.4 is 5.32 Å². The van der Waals surface area contributed by atoms with Gasteiger partial charge in [0.1, 0.15) is 0 Å². The number of pyridine rings is 1. The van der Waals surface area contributed by atoms with Crippen molar-refractivity contribution >= 4 is 46.0 Å². The molecule has 0 aliphatic carbocycles. The average Bonchev–Trinajstić information content (AvgIpc) is 3.09. The molecule has 0 unspecified atom stereocenters. The molecule has 0 bridgehead atoms. The number of fused-ring (bicyclic) bond motifs is 1. The SMILES string of the molecule is Cc1cc(-c2nc3ncccc3o2)ccc1NC(=O)c1ccc(Cl)c(Cl)c1. The topological polar surface area (TPSA) is 68.0 Å². The number of rotatable bonds is 3. The molecule has 4 rings (SSSR count). The molecule has 27 heavy (non-hydrogen) atoms. The number of carbonyl (C=O) groups is 1. The van der Waals surface area contributed by atoms with Gasteiger partial charge >= 0.3 is 0 Å². The van der Waals surface area contributed by atoms with Gasteiger partial charge in [-0.2, -0.15) is 4.98 Å². The number of hydrogen-bond donors (Lipinski definition) is 1. The van der Waals surface area contributed by atoms with E-state index in [1.54, 1.807) is 24.4 Å². The number of hydrogen-bond acceptors (Lipinski definition) is 4. The maximum atomic E-state index is 12.5. The lowest BCUT2D eigenvalue weighted by Gasteiger charge is -2.10. The van der Waals surface area contributed by atoms with Crippen LogP contribution in [-0.2, 0) is 0 Å². The second-order valence-corrected chi connectivity index (χ2v) is 6.77. The number of anilines is 1. The van der Waals surface area contributed by atoms with Crippen molar-refractivity contribution in [3.63, 3.8) is 0 Å². The molecule has 1 amide bonds. The molecule has 0 saturated heterocycles. The van der Waals surface area contributed by atoms with Crippen molar-refractivity contribution in [1.82, 2.24) is 9.97 Å². The summed E-state index contributed by atoms with van der Waals surface area (Å²) in [6.07, 6.45) is 1.67. The third kappa shape index (κ3) is 3.52. The van der Waals surface area contributed by atoms with Crippen LogP contribution in [0.3, 0.4) is 0 Å². The summed E-state index contributed by atoms with van der Waals surface area (Å²) < 4.78 is 5.74. The first-order chi connectivity index (χ1) is 13.0. The van der Waals surface area contributed by atoms with E-state index in [9.17, 15) is 4.79 Å². The Morgan fingerprint density at radius 2 is 1.93 bits per heavy atom. The van der Waals surface area contributed by atoms with Crippen molar-refractivity contribution in [3.05, 3.63) is 75.9 Å². The van der Waals surface area contributed by atoms with Gasteiger partial charge in [-0.1, -0.05) is 23.2 Å². The van der Waals surface area contributed by atoms with E-state index in [0.717, 1.165) is 11.1 Å². The van der Waals surface area contributed by atoms with E-state index in [-0.39, 0.29) is 5.91 Å². The van der Waals surface area contributed by atoms with Crippen LogP contribution in [0.5, 0.6) is 0 Å². The van der Waals surface area contributed by atoms with Crippen molar-refractivity contribution in [1.29, 1.82) is 0 Å². The Kier molecular flexibility index (Phi) is 4.56. The fourth-order valence-electron chi connectivity index (χ4n) is 2.66. The third-order valence-electron chi connectivity index (χ3n) is 4.07. The van der Waals surface area contributed by atoms with Crippen molar-refractivity contribution < 1.29 is 9.21 Å². The summed E-state index contributed by atoms with van der Waals surface area (Å²) in [6, 6.07) is 13.9. The van der Waals surface area contributed by atoms with Gasteiger partial charge in [0.15, 0.2) is 11.2 Å². The fraction of sp³-hybridized carbons (Fsp3) is 0.0500. The van der Waals surface area contributed by atoms with Crippen LogP contribution in [0.25, 0.3) is 22.7 Å². The van der Waals surface area contributed by atoms with Crippen LogP contribution in [0.1, 0.15) is 15.9 Å². The smallest absolute Gasteiger partial charge is 0.255 e. The Labute approximate surface area is 165 Å². The van der Waals surface area contributed by atoms with E-state index < -0.39 is 0 Å². The zero-order valence-corrected chi connectivity index (χ0v) is 15.7. The lowest BCUT2D eigenvalue weighted by Crippen LogP contribution is -2.12. The van der Waals surface area contributed by atoms with Crippen molar-refractivity contribution in [2.75, 3.05) is 5.32 Å². The molecule has 0 atom stereocenters. The van der Waals surface area contributed by atoms with Gasteiger partial charge in [-0.05, 0) is 61.0 Å². The minimum atomic E-state index is -0.268. The molecule has 0 radical (unpaired) electrons. The van der Waals surface area contributed by atoms with Crippen molar-refractivity contribution in [2.24, 2.45) is 0 Å². The quantitative estimate of drug-likeness (QED) is 0.477. The standard InChI is InChI=1S/C20H13Cl2N3O2/c1-11-9-13(20-25-18-17(27-20)3-2-8-23-18)5-7-16(11)24-19(26)12-4-6-14(21)15(22)10-12/h2-10H,1H3,(H,24,26). The summed E-state index contributed by atoms with van der Waals surface area (Å²) in [5.74, 6) is 0.213. The van der Waals surface area contributed by atoms with E-state index in [0.29, 0.717) is 38.4 Å². The van der Waals surface area contributed by atoms with Gasteiger partial charge in [0.05, 0.1) is 10.0 Å². The summed E-state index contributed by atoms with van der Waals surface area (Å²) in [6.45, 7) is 1.90. The molecule has 2 aromatic heterocycles. The number of nitrogens with zero attached hydrogens (tertiary/aromatic N) is 2. The van der Waals surface area contributed by atoms with Crippen LogP contribution >= 0.6 is 23.2 Å². The first kappa shape index (κ1) is 17.5. The number of aromatic nitrogens is 2. The zero-order valence-electron chi connectivity index (χ0n) is 14.2. The highest BCUT2D eigenvalue weighted by molar-refractivity contribution is 6.42. The van der Waals surface area contributed by atoms with Gasteiger partial charge < -0.3 is 9.73 Å². The highest BCUT2D eigenvalue weighted by Crippen LogP contribution is 2.28. The summed E-state index contributed by atoms with van der Waals surface area (Å²) in [5.41, 5.74) is 3.97. The van der Waals surface area contributed by atoms with Gasteiger partial charge in [0, 0.05) is 23.0 Å². The molecular formula is C20H13Cl2N3O2. The average molecular weight is 398 g/mol. The van der Waals surface area contributed by atoms with Gasteiger partial charge in [-0.25, -0.2) is 4.98 Å². The first-order valence-corrected chi connectivity index (χ1v) is 8.86. The van der Waals surface area contributed by atoms with Gasteiger partial charge in [0.25, 0.3) is 5.91 Å². The number of oxazole rings is 1. The summed E-state index contributed by atoms with van der Waals surface area (Å²) in [4.78, 5) is 21.0. The molecule has 2 heterocycles. The summed E-state index contributed by atoms with van der Waals surface area (Å²) in [7, 11) is 0. The van der Waals surface area contributed by atoms with Crippen molar-refractivity contribution in [2.45, 2.75) is 6.92 Å². The second kappa shape index (κ2) is 7.02. The predicted octanol–water partition coefficient (Wildman–Crippen LogP) is 5.76. The minimum Gasteiger partial charge on any atom is -0.434 e. The lowest BCUT2D eigenvalue weighted by molar-refractivity contribution is 0.102. The maximum Gasteiger partial charge on any atom is 0.255 e. The van der Waals surface area contributed by atoms with E-state index in [4.69, 9.17) is 27.6 Å². The molecule has 0 saturated carbocycles. The monoisotopic (exact) mass is 397 g/mol. The van der Waals surface area contributed by atoms with Gasteiger partial charge in [-0.15, -0.1) is 0 Å². The molecule has 0 aliphatic rings. The van der Waals surface area contributed by atoms with E-state index in [2.05, 4.69) is 15.3 Å². The van der Waals surface area contributed by atoms with Gasteiger partial charge in [0.2, 0.25) is 5.89 Å². The summed E-state index contributed by atoms with van der Waals surface area (Å²) >= 11 is 11.9. The Morgan fingerprint density at radius 1 is 1.07 bits per heavy atom. The van der Waals surface area contributed by atoms with Crippen LogP contribution in [-0.4, -0.2) is 15.9 Å². The van der Waals surface area contributed by atoms with Crippen LogP contribution in [0.4, 0.5) is 5.69 Å².